The number of aliphatic imine (C=N–C) groups is 1. The summed E-state index contributed by atoms with van der Waals surface area (Å²) in [4.78, 5) is 15.7. The topological polar surface area (TPSA) is 64.7 Å². The van der Waals surface area contributed by atoms with Crippen molar-refractivity contribution in [1.29, 1.82) is 0 Å². The Balaban J connectivity index is 2.34. The first-order valence-corrected chi connectivity index (χ1v) is 9.13. The quantitative estimate of drug-likeness (QED) is 0.790. The number of carbonyl (C=O) groups excluding carboxylic acids is 1. The molecule has 0 aromatic rings. The van der Waals surface area contributed by atoms with Gasteiger partial charge in [-0.15, -0.1) is 23.5 Å². The number of nitrogens with two attached hydrogens (primary N) is 1. The third-order valence-electron chi connectivity index (χ3n) is 3.56. The lowest BCUT2D eigenvalue weighted by atomic mass is 10.1. The van der Waals surface area contributed by atoms with E-state index in [-0.39, 0.29) is 13.2 Å². The number of nitrogens with zero attached hydrogens (tertiary/aromatic N) is 1. The Kier molecular flexibility index (Phi) is 5.42. The third kappa shape index (κ3) is 3.59. The lowest BCUT2D eigenvalue weighted by molar-refractivity contribution is -0.141. The Morgan fingerprint density at radius 3 is 2.64 bits per heavy atom. The van der Waals surface area contributed by atoms with Crippen LogP contribution in [0.5, 0.6) is 0 Å². The molecule has 0 radical (unpaired) electrons. The second-order valence-electron chi connectivity index (χ2n) is 5.19. The second-order valence-corrected chi connectivity index (χ2v) is 8.24. The van der Waals surface area contributed by atoms with E-state index >= 15 is 0 Å². The number of hydrogen-bond acceptors (Lipinski definition) is 6. The van der Waals surface area contributed by atoms with Crippen molar-refractivity contribution in [3.8, 4) is 0 Å². The fourth-order valence-electron chi connectivity index (χ4n) is 2.60. The maximum absolute atomic E-state index is 13.7. The average molecular weight is 350 g/mol. The Bertz CT molecular complexity index is 509. The first kappa shape index (κ1) is 17.6. The van der Waals surface area contributed by atoms with E-state index in [1.807, 2.05) is 0 Å². The van der Waals surface area contributed by atoms with E-state index in [0.717, 1.165) is 24.9 Å². The van der Waals surface area contributed by atoms with Crippen molar-refractivity contribution in [3.63, 3.8) is 0 Å². The predicted molar refractivity (Wildman–Crippen MR) is 87.7 cm³/mol. The Labute approximate surface area is 137 Å². The Hall–Kier alpha value is -0.760. The van der Waals surface area contributed by atoms with Gasteiger partial charge in [0.05, 0.1) is 16.4 Å². The van der Waals surface area contributed by atoms with E-state index < -0.39 is 21.7 Å². The monoisotopic (exact) mass is 350 g/mol. The van der Waals surface area contributed by atoms with Gasteiger partial charge in [-0.25, -0.2) is 8.78 Å². The average Bonchev–Trinajstić information content (AvgIpc) is 3.03. The smallest absolute Gasteiger partial charge is 0.327 e. The zero-order chi connectivity index (χ0) is 16.4. The standard InChI is InChI=1S/C14H20F2N2O2S2/c1-3-20-10(19)8-18-9-4-5-14(21-6-7-22-14)11(9)12(17)13(2,15)16/h3-8,17H2,1-2H3. The van der Waals surface area contributed by atoms with Gasteiger partial charge in [0.25, 0.3) is 5.92 Å². The van der Waals surface area contributed by atoms with E-state index in [1.54, 1.807) is 30.4 Å². The highest BCUT2D eigenvalue weighted by Crippen LogP contribution is 2.57. The lowest BCUT2D eigenvalue weighted by Crippen LogP contribution is -2.30. The molecule has 8 heteroatoms. The van der Waals surface area contributed by atoms with Gasteiger partial charge < -0.3 is 10.5 Å². The molecule has 2 N–H and O–H groups in total. The fourth-order valence-corrected chi connectivity index (χ4v) is 6.00. The molecule has 2 aliphatic rings. The van der Waals surface area contributed by atoms with Crippen molar-refractivity contribution in [2.24, 2.45) is 10.7 Å². The van der Waals surface area contributed by atoms with E-state index in [2.05, 4.69) is 4.99 Å². The van der Waals surface area contributed by atoms with Crippen molar-refractivity contribution in [2.45, 2.75) is 36.7 Å². The van der Waals surface area contributed by atoms with Crippen LogP contribution in [-0.4, -0.2) is 46.3 Å². The summed E-state index contributed by atoms with van der Waals surface area (Å²) in [6.07, 6.45) is 1.28. The minimum atomic E-state index is -3.10. The first-order valence-electron chi connectivity index (χ1n) is 7.16. The van der Waals surface area contributed by atoms with Gasteiger partial charge in [-0.05, 0) is 19.8 Å². The summed E-state index contributed by atoms with van der Waals surface area (Å²) >= 11 is 3.30. The van der Waals surface area contributed by atoms with Crippen molar-refractivity contribution in [3.05, 3.63) is 11.3 Å². The van der Waals surface area contributed by atoms with Crippen molar-refractivity contribution >= 4 is 35.2 Å². The molecule has 1 spiro atoms. The number of hydrogen-bond donors (Lipinski definition) is 1. The predicted octanol–water partition coefficient (Wildman–Crippen LogP) is 2.83. The molecule has 1 saturated carbocycles. The van der Waals surface area contributed by atoms with Gasteiger partial charge in [-0.1, -0.05) is 0 Å². The number of esters is 1. The van der Waals surface area contributed by atoms with E-state index in [9.17, 15) is 13.6 Å². The highest BCUT2D eigenvalue weighted by Gasteiger charge is 2.49. The molecule has 1 saturated heterocycles. The molecular weight excluding hydrogens is 330 g/mol. The van der Waals surface area contributed by atoms with Crippen LogP contribution in [0.4, 0.5) is 8.78 Å². The molecular formula is C14H20F2N2O2S2. The van der Waals surface area contributed by atoms with Gasteiger partial charge in [0.15, 0.2) is 0 Å². The molecule has 1 heterocycles. The van der Waals surface area contributed by atoms with Crippen LogP contribution in [0.1, 0.15) is 26.7 Å². The largest absolute Gasteiger partial charge is 0.465 e. The molecule has 1 aliphatic heterocycles. The summed E-state index contributed by atoms with van der Waals surface area (Å²) in [5.41, 5.74) is 6.30. The lowest BCUT2D eigenvalue weighted by Gasteiger charge is -2.26. The van der Waals surface area contributed by atoms with Gasteiger partial charge in [0.1, 0.15) is 6.54 Å². The van der Waals surface area contributed by atoms with Crippen LogP contribution in [0.15, 0.2) is 16.3 Å². The summed E-state index contributed by atoms with van der Waals surface area (Å²) in [6.45, 7) is 2.63. The molecule has 124 valence electrons. The normalized spacial score (nSPS) is 25.0. The van der Waals surface area contributed by atoms with Crippen LogP contribution in [0.3, 0.4) is 0 Å². The molecule has 0 amide bonds. The van der Waals surface area contributed by atoms with Crippen LogP contribution in [0.2, 0.25) is 0 Å². The summed E-state index contributed by atoms with van der Waals surface area (Å²) in [7, 11) is 0. The van der Waals surface area contributed by atoms with Gasteiger partial charge in [-0.3, -0.25) is 9.79 Å². The van der Waals surface area contributed by atoms with Crippen LogP contribution in [0.25, 0.3) is 0 Å². The van der Waals surface area contributed by atoms with Crippen molar-refractivity contribution in [2.75, 3.05) is 24.7 Å². The maximum atomic E-state index is 13.7. The molecule has 22 heavy (non-hydrogen) atoms. The van der Waals surface area contributed by atoms with Crippen LogP contribution in [0, 0.1) is 0 Å². The number of ether oxygens (including phenoxy) is 1. The molecule has 0 unspecified atom stereocenters. The number of alkyl halides is 2. The van der Waals surface area contributed by atoms with E-state index in [4.69, 9.17) is 10.5 Å². The minimum Gasteiger partial charge on any atom is -0.465 e. The number of allylic oxidation sites excluding steroid dienone is 1. The first-order chi connectivity index (χ1) is 10.3. The van der Waals surface area contributed by atoms with Crippen molar-refractivity contribution < 1.29 is 18.3 Å². The number of carbonyl (C=O) groups is 1. The molecule has 2 fully saturated rings. The van der Waals surface area contributed by atoms with Crippen LogP contribution >= 0.6 is 23.5 Å². The minimum absolute atomic E-state index is 0.152. The van der Waals surface area contributed by atoms with Crippen LogP contribution < -0.4 is 5.73 Å². The summed E-state index contributed by atoms with van der Waals surface area (Å²) in [6, 6.07) is 0. The molecule has 1 aliphatic carbocycles. The zero-order valence-corrected chi connectivity index (χ0v) is 14.3. The van der Waals surface area contributed by atoms with Crippen molar-refractivity contribution in [1.82, 2.24) is 0 Å². The molecule has 0 atom stereocenters. The number of thioether (sulfide) groups is 2. The van der Waals surface area contributed by atoms with E-state index in [0.29, 0.717) is 17.7 Å². The SMILES string of the molecule is CCOC(=O)CN=C1CCC2(SCCS2)C1=C(N)C(C)(F)F. The molecule has 0 aromatic heterocycles. The third-order valence-corrected chi connectivity index (χ3v) is 7.09. The highest BCUT2D eigenvalue weighted by atomic mass is 32.2. The molecule has 0 bridgehead atoms. The maximum Gasteiger partial charge on any atom is 0.327 e. The van der Waals surface area contributed by atoms with Gasteiger partial charge in [-0.2, -0.15) is 0 Å². The highest BCUT2D eigenvalue weighted by molar-refractivity contribution is 8.21. The van der Waals surface area contributed by atoms with E-state index in [1.165, 1.54) is 0 Å². The van der Waals surface area contributed by atoms with Gasteiger partial charge >= 0.3 is 5.97 Å². The summed E-state index contributed by atoms with van der Waals surface area (Å²) < 4.78 is 31.9. The zero-order valence-electron chi connectivity index (χ0n) is 12.7. The number of halogens is 2. The fraction of sp³-hybridized carbons (Fsp3) is 0.714. The summed E-state index contributed by atoms with van der Waals surface area (Å²) in [5, 5.41) is 0. The van der Waals surface area contributed by atoms with Crippen LogP contribution in [-0.2, 0) is 9.53 Å². The number of rotatable bonds is 4. The molecule has 0 aromatic carbocycles. The molecule has 2 rings (SSSR count). The Morgan fingerprint density at radius 1 is 1.45 bits per heavy atom. The van der Waals surface area contributed by atoms with Gasteiger partial charge in [0, 0.05) is 29.7 Å². The molecule has 4 nitrogen and oxygen atoms in total. The van der Waals surface area contributed by atoms with Gasteiger partial charge in [0.2, 0.25) is 0 Å². The second kappa shape index (κ2) is 6.78. The summed E-state index contributed by atoms with van der Waals surface area (Å²) in [5.74, 6) is -1.74. The Morgan fingerprint density at radius 2 is 2.09 bits per heavy atom.